The molecular weight excluding hydrogens is 394 g/mol. The zero-order valence-electron chi connectivity index (χ0n) is 17.1. The lowest BCUT2D eigenvalue weighted by Gasteiger charge is -2.13. The fourth-order valence-electron chi connectivity index (χ4n) is 3.34. The number of carbonyl (C=O) groups is 2. The summed E-state index contributed by atoms with van der Waals surface area (Å²) < 4.78 is 11.0. The number of nitrogens with one attached hydrogen (secondary N) is 2. The number of fused-ring (bicyclic) bond motifs is 3. The molecule has 0 aliphatic heterocycles. The van der Waals surface area contributed by atoms with Crippen LogP contribution in [0.3, 0.4) is 0 Å². The molecule has 1 amide bonds. The summed E-state index contributed by atoms with van der Waals surface area (Å²) in [6.45, 7) is 1.66. The fourth-order valence-corrected chi connectivity index (χ4v) is 3.34. The minimum absolute atomic E-state index is 0.00599. The fraction of sp³-hybridized carbons (Fsp3) is 0.167. The van der Waals surface area contributed by atoms with Crippen LogP contribution >= 0.6 is 0 Å². The van der Waals surface area contributed by atoms with Gasteiger partial charge in [0.1, 0.15) is 25.0 Å². The first kappa shape index (κ1) is 20.4. The van der Waals surface area contributed by atoms with Crippen molar-refractivity contribution in [3.05, 3.63) is 72.3 Å². The molecule has 0 saturated carbocycles. The van der Waals surface area contributed by atoms with E-state index in [4.69, 9.17) is 15.2 Å². The molecule has 0 radical (unpaired) electrons. The van der Waals surface area contributed by atoms with Crippen molar-refractivity contribution < 1.29 is 19.1 Å². The highest BCUT2D eigenvalue weighted by Crippen LogP contribution is 2.30. The second-order valence-corrected chi connectivity index (χ2v) is 7.28. The van der Waals surface area contributed by atoms with Crippen molar-refractivity contribution in [2.75, 3.05) is 11.9 Å². The Balaban J connectivity index is 1.40. The first-order chi connectivity index (χ1) is 15.0. The van der Waals surface area contributed by atoms with Crippen molar-refractivity contribution in [1.82, 2.24) is 4.98 Å². The summed E-state index contributed by atoms with van der Waals surface area (Å²) in [4.78, 5) is 26.7. The van der Waals surface area contributed by atoms with E-state index in [-0.39, 0.29) is 19.1 Å². The van der Waals surface area contributed by atoms with Crippen LogP contribution in [0.5, 0.6) is 5.75 Å². The van der Waals surface area contributed by atoms with Crippen molar-refractivity contribution in [2.24, 2.45) is 5.73 Å². The van der Waals surface area contributed by atoms with Crippen LogP contribution in [0.15, 0.2) is 66.7 Å². The van der Waals surface area contributed by atoms with E-state index in [1.54, 1.807) is 0 Å². The number of benzene rings is 3. The lowest BCUT2D eigenvalue weighted by atomic mass is 10.1. The lowest BCUT2D eigenvalue weighted by molar-refractivity contribution is -0.147. The number of anilines is 1. The number of H-pyrrole nitrogens is 1. The van der Waals surface area contributed by atoms with E-state index >= 15 is 0 Å². The molecule has 0 spiro atoms. The molecule has 1 aromatic heterocycles. The van der Waals surface area contributed by atoms with Gasteiger partial charge in [0.25, 0.3) is 0 Å². The highest BCUT2D eigenvalue weighted by Gasteiger charge is 2.16. The maximum atomic E-state index is 12.1. The molecular formula is C24H23N3O4. The van der Waals surface area contributed by atoms with Gasteiger partial charge in [-0.1, -0.05) is 30.3 Å². The highest BCUT2D eigenvalue weighted by atomic mass is 16.5. The average molecular weight is 417 g/mol. The minimum atomic E-state index is -0.887. The molecule has 7 heteroatoms. The van der Waals surface area contributed by atoms with Crippen molar-refractivity contribution in [1.29, 1.82) is 0 Å². The predicted octanol–water partition coefficient (Wildman–Crippen LogP) is 3.73. The van der Waals surface area contributed by atoms with Crippen molar-refractivity contribution in [2.45, 2.75) is 19.6 Å². The van der Waals surface area contributed by atoms with Crippen LogP contribution in [0, 0.1) is 0 Å². The number of rotatable bonds is 7. The summed E-state index contributed by atoms with van der Waals surface area (Å²) in [5, 5.41) is 4.79. The van der Waals surface area contributed by atoms with E-state index < -0.39 is 12.0 Å². The van der Waals surface area contributed by atoms with E-state index in [1.165, 1.54) is 6.92 Å². The third-order valence-corrected chi connectivity index (χ3v) is 4.85. The zero-order chi connectivity index (χ0) is 21.8. The molecule has 0 bridgehead atoms. The number of esters is 1. The second kappa shape index (κ2) is 8.89. The van der Waals surface area contributed by atoms with Gasteiger partial charge in [0.15, 0.2) is 0 Å². The average Bonchev–Trinajstić information content (AvgIpc) is 3.13. The number of aromatic amines is 1. The van der Waals surface area contributed by atoms with Crippen LogP contribution in [0.1, 0.15) is 12.5 Å². The van der Waals surface area contributed by atoms with Gasteiger partial charge in [-0.2, -0.15) is 0 Å². The molecule has 1 atom stereocenters. The number of hydrogen-bond acceptors (Lipinski definition) is 5. The Morgan fingerprint density at radius 3 is 2.58 bits per heavy atom. The van der Waals surface area contributed by atoms with Crippen LogP contribution in [-0.4, -0.2) is 29.5 Å². The summed E-state index contributed by atoms with van der Waals surface area (Å²) in [5.74, 6) is -0.0398. The maximum Gasteiger partial charge on any atom is 0.326 e. The molecule has 0 aliphatic carbocycles. The number of hydrogen-bond donors (Lipinski definition) is 3. The Morgan fingerprint density at radius 1 is 1.00 bits per heavy atom. The van der Waals surface area contributed by atoms with Crippen LogP contribution < -0.4 is 15.8 Å². The van der Waals surface area contributed by atoms with Gasteiger partial charge in [-0.05, 0) is 35.9 Å². The topological polar surface area (TPSA) is 106 Å². The summed E-state index contributed by atoms with van der Waals surface area (Å²) in [7, 11) is 0. The largest absolute Gasteiger partial charge is 0.491 e. The van der Waals surface area contributed by atoms with Gasteiger partial charge in [-0.15, -0.1) is 0 Å². The number of amides is 1. The standard InChI is InChI=1S/C24H23N3O4/c1-15(28)26-17-7-10-22-20(11-17)19-9-8-18(12-23(19)27-22)30-14-21(25)24(29)31-13-16-5-3-2-4-6-16/h2-12,21,27H,13-14,25H2,1H3,(H,26,28). The van der Waals surface area contributed by atoms with Crippen LogP contribution in [0.2, 0.25) is 0 Å². The SMILES string of the molecule is CC(=O)Nc1ccc2[nH]c3cc(OCC(N)C(=O)OCc4ccccc4)ccc3c2c1. The molecule has 1 unspecified atom stereocenters. The normalized spacial score (nSPS) is 11.9. The molecule has 3 aromatic carbocycles. The Bertz CT molecular complexity index is 1230. The first-order valence-corrected chi connectivity index (χ1v) is 9.91. The van der Waals surface area contributed by atoms with Crippen molar-refractivity contribution >= 4 is 39.4 Å². The quantitative estimate of drug-likeness (QED) is 0.397. The maximum absolute atomic E-state index is 12.1. The van der Waals surface area contributed by atoms with Crippen LogP contribution in [0.25, 0.3) is 21.8 Å². The van der Waals surface area contributed by atoms with Gasteiger partial charge in [0, 0.05) is 35.0 Å². The number of carbonyl (C=O) groups excluding carboxylic acids is 2. The van der Waals surface area contributed by atoms with E-state index in [0.29, 0.717) is 5.75 Å². The van der Waals surface area contributed by atoms with Gasteiger partial charge in [0.05, 0.1) is 5.52 Å². The molecule has 0 saturated heterocycles. The van der Waals surface area contributed by atoms with Gasteiger partial charge in [-0.25, -0.2) is 0 Å². The first-order valence-electron chi connectivity index (χ1n) is 9.91. The van der Waals surface area contributed by atoms with Gasteiger partial charge in [0.2, 0.25) is 5.91 Å². The Hall–Kier alpha value is -3.84. The van der Waals surface area contributed by atoms with Crippen molar-refractivity contribution in [3.8, 4) is 5.75 Å². The van der Waals surface area contributed by atoms with E-state index in [0.717, 1.165) is 33.1 Å². The zero-order valence-corrected chi connectivity index (χ0v) is 17.1. The van der Waals surface area contributed by atoms with Crippen LogP contribution in [-0.2, 0) is 20.9 Å². The third-order valence-electron chi connectivity index (χ3n) is 4.85. The monoisotopic (exact) mass is 417 g/mol. The molecule has 7 nitrogen and oxygen atoms in total. The lowest BCUT2D eigenvalue weighted by Crippen LogP contribution is -2.37. The van der Waals surface area contributed by atoms with Gasteiger partial charge >= 0.3 is 5.97 Å². The number of aromatic nitrogens is 1. The predicted molar refractivity (Wildman–Crippen MR) is 120 cm³/mol. The van der Waals surface area contributed by atoms with E-state index in [9.17, 15) is 9.59 Å². The molecule has 0 fully saturated rings. The van der Waals surface area contributed by atoms with E-state index in [1.807, 2.05) is 66.7 Å². The minimum Gasteiger partial charge on any atom is -0.491 e. The molecule has 158 valence electrons. The number of nitrogens with two attached hydrogens (primary N) is 1. The number of ether oxygens (including phenoxy) is 2. The Labute approximate surface area is 179 Å². The summed E-state index contributed by atoms with van der Waals surface area (Å²) in [6, 6.07) is 19.8. The Morgan fingerprint density at radius 2 is 1.81 bits per heavy atom. The van der Waals surface area contributed by atoms with Gasteiger partial charge in [-0.3, -0.25) is 9.59 Å². The smallest absolute Gasteiger partial charge is 0.326 e. The molecule has 4 aromatic rings. The highest BCUT2D eigenvalue weighted by molar-refractivity contribution is 6.09. The van der Waals surface area contributed by atoms with Gasteiger partial charge < -0.3 is 25.5 Å². The summed E-state index contributed by atoms with van der Waals surface area (Å²) in [6.07, 6.45) is 0. The van der Waals surface area contributed by atoms with Crippen LogP contribution in [0.4, 0.5) is 5.69 Å². The molecule has 4 rings (SSSR count). The molecule has 1 heterocycles. The second-order valence-electron chi connectivity index (χ2n) is 7.28. The van der Waals surface area contributed by atoms with E-state index in [2.05, 4.69) is 10.3 Å². The Kier molecular flexibility index (Phi) is 5.86. The molecule has 0 aliphatic rings. The summed E-state index contributed by atoms with van der Waals surface area (Å²) >= 11 is 0. The third kappa shape index (κ3) is 4.84. The molecule has 31 heavy (non-hydrogen) atoms. The molecule has 4 N–H and O–H groups in total. The summed E-state index contributed by atoms with van der Waals surface area (Å²) in [5.41, 5.74) is 9.38. The van der Waals surface area contributed by atoms with Crippen molar-refractivity contribution in [3.63, 3.8) is 0 Å².